The summed E-state index contributed by atoms with van der Waals surface area (Å²) in [6, 6.07) is 2.20. The molecule has 4 heteroatoms. The summed E-state index contributed by atoms with van der Waals surface area (Å²) in [5.74, 6) is 0. The molecule has 0 unspecified atom stereocenters. The van der Waals surface area contributed by atoms with Crippen molar-refractivity contribution in [3.8, 4) is 0 Å². The standard InChI is InChI=1S/C13H27.C5H5N2S.Sn/c1-4-7-10-13(11-8-5-2)12-9-6-3;1-8-5-6-3-2-4-7-5;/h4-12H2,1-3H3;2-3H,1H3;. The van der Waals surface area contributed by atoms with Gasteiger partial charge in [0.25, 0.3) is 0 Å². The zero-order chi connectivity index (χ0) is 16.3. The summed E-state index contributed by atoms with van der Waals surface area (Å²) in [5.41, 5.74) is 0. The molecule has 0 atom stereocenters. The molecule has 0 amide bonds. The zero-order valence-electron chi connectivity index (χ0n) is 14.8. The predicted octanol–water partition coefficient (Wildman–Crippen LogP) is 5.26. The summed E-state index contributed by atoms with van der Waals surface area (Å²) in [5, 5.41) is 0.953. The van der Waals surface area contributed by atoms with E-state index in [1.807, 2.05) is 6.20 Å². The number of hydrogen-bond donors (Lipinski definition) is 0. The van der Waals surface area contributed by atoms with E-state index < -0.39 is 21.1 Å². The minimum absolute atomic E-state index is 0.620. The Labute approximate surface area is 151 Å². The molecule has 124 valence electrons. The average Bonchev–Trinajstić information content (AvgIpc) is 2.56. The van der Waals surface area contributed by atoms with Crippen LogP contribution in [0.4, 0.5) is 0 Å². The molecule has 0 spiro atoms. The monoisotopic (exact) mass is 428 g/mol. The third-order valence-electron chi connectivity index (χ3n) is 4.24. The van der Waals surface area contributed by atoms with E-state index in [9.17, 15) is 0 Å². The van der Waals surface area contributed by atoms with Gasteiger partial charge in [-0.15, -0.1) is 0 Å². The third-order valence-corrected chi connectivity index (χ3v) is 9.98. The van der Waals surface area contributed by atoms with E-state index in [1.54, 1.807) is 11.8 Å². The van der Waals surface area contributed by atoms with Gasteiger partial charge in [0, 0.05) is 0 Å². The van der Waals surface area contributed by atoms with Gasteiger partial charge in [-0.3, -0.25) is 0 Å². The molecule has 1 aromatic heterocycles. The molecule has 2 radical (unpaired) electrons. The van der Waals surface area contributed by atoms with Gasteiger partial charge < -0.3 is 0 Å². The SMILES string of the molecule is CCCC[C](CCCC)(CCCC)[Sn][c]1ccnc(SC)n1. The summed E-state index contributed by atoms with van der Waals surface area (Å²) in [6.07, 6.45) is 16.4. The number of aromatic nitrogens is 2. The van der Waals surface area contributed by atoms with Crippen LogP contribution in [0.15, 0.2) is 17.4 Å². The molecule has 22 heavy (non-hydrogen) atoms. The summed E-state index contributed by atoms with van der Waals surface area (Å²) in [7, 11) is 0. The number of unbranched alkanes of at least 4 members (excludes halogenated alkanes) is 3. The Balaban J connectivity index is 2.92. The van der Waals surface area contributed by atoms with E-state index in [1.165, 1.54) is 61.5 Å². The second-order valence-corrected chi connectivity index (χ2v) is 12.1. The summed E-state index contributed by atoms with van der Waals surface area (Å²) in [4.78, 5) is 9.18. The Bertz CT molecular complexity index is 390. The average molecular weight is 427 g/mol. The first kappa shape index (κ1) is 20.3. The van der Waals surface area contributed by atoms with Crippen molar-refractivity contribution in [2.45, 2.75) is 87.1 Å². The minimum atomic E-state index is -0.694. The van der Waals surface area contributed by atoms with Crippen LogP contribution in [0.3, 0.4) is 0 Å². The topological polar surface area (TPSA) is 25.8 Å². The fourth-order valence-corrected chi connectivity index (χ4v) is 8.52. The van der Waals surface area contributed by atoms with Gasteiger partial charge in [0.1, 0.15) is 0 Å². The molecule has 0 aliphatic rings. The van der Waals surface area contributed by atoms with E-state index in [0.717, 1.165) is 5.16 Å². The van der Waals surface area contributed by atoms with Crippen molar-refractivity contribution >= 4 is 36.6 Å². The van der Waals surface area contributed by atoms with Gasteiger partial charge in [0.05, 0.1) is 0 Å². The van der Waals surface area contributed by atoms with Crippen molar-refractivity contribution in [3.63, 3.8) is 0 Å². The van der Waals surface area contributed by atoms with Gasteiger partial charge in [-0.05, 0) is 0 Å². The van der Waals surface area contributed by atoms with Gasteiger partial charge in [-0.2, -0.15) is 0 Å². The molecule has 0 aliphatic heterocycles. The van der Waals surface area contributed by atoms with Gasteiger partial charge in [-0.1, -0.05) is 0 Å². The Kier molecular flexibility index (Phi) is 10.8. The molecule has 1 heterocycles. The van der Waals surface area contributed by atoms with Crippen molar-refractivity contribution in [2.75, 3.05) is 6.26 Å². The van der Waals surface area contributed by atoms with Crippen LogP contribution in [0.5, 0.6) is 0 Å². The van der Waals surface area contributed by atoms with Crippen molar-refractivity contribution < 1.29 is 0 Å². The first-order valence-electron chi connectivity index (χ1n) is 8.85. The van der Waals surface area contributed by atoms with Crippen molar-refractivity contribution in [1.29, 1.82) is 0 Å². The van der Waals surface area contributed by atoms with Crippen LogP contribution in [0.25, 0.3) is 0 Å². The first-order chi connectivity index (χ1) is 10.7. The van der Waals surface area contributed by atoms with Crippen LogP contribution in [0.1, 0.15) is 78.6 Å². The number of nitrogens with zero attached hydrogens (tertiary/aromatic N) is 2. The molecule has 0 saturated carbocycles. The fourth-order valence-electron chi connectivity index (χ4n) is 2.89. The van der Waals surface area contributed by atoms with E-state index in [4.69, 9.17) is 4.98 Å². The van der Waals surface area contributed by atoms with E-state index in [-0.39, 0.29) is 0 Å². The Hall–Kier alpha value is 0.229. The van der Waals surface area contributed by atoms with Gasteiger partial charge in [-0.25, -0.2) is 0 Å². The molecule has 0 bridgehead atoms. The Morgan fingerprint density at radius 3 is 2.00 bits per heavy atom. The summed E-state index contributed by atoms with van der Waals surface area (Å²) >= 11 is 0.974. The van der Waals surface area contributed by atoms with E-state index in [2.05, 4.69) is 38.1 Å². The molecule has 1 rings (SSSR count). The normalized spacial score (nSPS) is 11.8. The predicted molar refractivity (Wildman–Crippen MR) is 100 cm³/mol. The molecule has 0 saturated heterocycles. The molecule has 0 fully saturated rings. The van der Waals surface area contributed by atoms with Crippen molar-refractivity contribution in [1.82, 2.24) is 9.97 Å². The second kappa shape index (κ2) is 11.7. The molecular weight excluding hydrogens is 395 g/mol. The zero-order valence-corrected chi connectivity index (χ0v) is 18.5. The Morgan fingerprint density at radius 1 is 1.00 bits per heavy atom. The van der Waals surface area contributed by atoms with E-state index >= 15 is 0 Å². The molecule has 2 nitrogen and oxygen atoms in total. The van der Waals surface area contributed by atoms with Crippen LogP contribution >= 0.6 is 11.8 Å². The number of rotatable bonds is 12. The number of thioether (sulfide) groups is 1. The van der Waals surface area contributed by atoms with Gasteiger partial charge >= 0.3 is 152 Å². The van der Waals surface area contributed by atoms with Crippen LogP contribution in [-0.2, 0) is 0 Å². The Morgan fingerprint density at radius 2 is 1.55 bits per heavy atom. The van der Waals surface area contributed by atoms with Crippen LogP contribution in [-0.4, -0.2) is 37.4 Å². The molecular formula is C18H32N2SSn. The maximum atomic E-state index is 4.83. The van der Waals surface area contributed by atoms with Gasteiger partial charge in [0.2, 0.25) is 0 Å². The first-order valence-corrected chi connectivity index (χ1v) is 12.9. The maximum absolute atomic E-state index is 4.83. The van der Waals surface area contributed by atoms with E-state index in [0.29, 0.717) is 3.43 Å². The van der Waals surface area contributed by atoms with Crippen LogP contribution in [0.2, 0.25) is 3.43 Å². The molecule has 0 N–H and O–H groups in total. The van der Waals surface area contributed by atoms with Crippen LogP contribution < -0.4 is 3.71 Å². The number of hydrogen-bond acceptors (Lipinski definition) is 3. The fraction of sp³-hybridized carbons (Fsp3) is 0.778. The quantitative estimate of drug-likeness (QED) is 0.259. The third kappa shape index (κ3) is 7.20. The molecule has 0 aromatic carbocycles. The summed E-state index contributed by atoms with van der Waals surface area (Å²) < 4.78 is 2.03. The molecule has 1 aromatic rings. The second-order valence-electron chi connectivity index (χ2n) is 6.14. The van der Waals surface area contributed by atoms with Crippen LogP contribution in [0, 0.1) is 0 Å². The summed E-state index contributed by atoms with van der Waals surface area (Å²) in [6.45, 7) is 6.98. The molecule has 0 aliphatic carbocycles. The van der Waals surface area contributed by atoms with Gasteiger partial charge in [0.15, 0.2) is 0 Å². The van der Waals surface area contributed by atoms with Crippen molar-refractivity contribution in [3.05, 3.63) is 12.3 Å². The van der Waals surface area contributed by atoms with Crippen molar-refractivity contribution in [2.24, 2.45) is 0 Å².